The van der Waals surface area contributed by atoms with Gasteiger partial charge in [0, 0.05) is 5.56 Å². The Hall–Kier alpha value is -2.80. The van der Waals surface area contributed by atoms with Crippen LogP contribution in [0.2, 0.25) is 0 Å². The van der Waals surface area contributed by atoms with Gasteiger partial charge in [0.05, 0.1) is 16.6 Å². The largest absolute Gasteiger partial charge is 0.326 e. The SMILES string of the molecule is CCCc1ccc(-c2nc(C)c3c(n2)sc2c(=O)[nH]c(=O)[nH]c23)cc1. The molecule has 7 heteroatoms. The molecule has 126 valence electrons. The van der Waals surface area contributed by atoms with Gasteiger partial charge in [-0.25, -0.2) is 14.8 Å². The smallest absolute Gasteiger partial charge is 0.305 e. The highest BCUT2D eigenvalue weighted by molar-refractivity contribution is 7.25. The first-order chi connectivity index (χ1) is 12.1. The molecule has 0 spiro atoms. The van der Waals surface area contributed by atoms with E-state index in [1.165, 1.54) is 16.9 Å². The van der Waals surface area contributed by atoms with Gasteiger partial charge in [-0.2, -0.15) is 0 Å². The topological polar surface area (TPSA) is 91.5 Å². The number of benzene rings is 1. The van der Waals surface area contributed by atoms with E-state index in [9.17, 15) is 9.59 Å². The van der Waals surface area contributed by atoms with Gasteiger partial charge < -0.3 is 4.98 Å². The van der Waals surface area contributed by atoms with Gasteiger partial charge in [-0.05, 0) is 18.9 Å². The van der Waals surface area contributed by atoms with E-state index in [4.69, 9.17) is 0 Å². The molecule has 0 amide bonds. The average Bonchev–Trinajstić information content (AvgIpc) is 2.95. The Balaban J connectivity index is 1.92. The monoisotopic (exact) mass is 352 g/mol. The van der Waals surface area contributed by atoms with E-state index in [-0.39, 0.29) is 0 Å². The highest BCUT2D eigenvalue weighted by Gasteiger charge is 2.15. The number of hydrogen-bond donors (Lipinski definition) is 2. The summed E-state index contributed by atoms with van der Waals surface area (Å²) in [4.78, 5) is 38.5. The number of nitrogens with one attached hydrogen (secondary N) is 2. The van der Waals surface area contributed by atoms with Crippen molar-refractivity contribution in [1.29, 1.82) is 0 Å². The summed E-state index contributed by atoms with van der Waals surface area (Å²) in [5.41, 5.74) is 2.56. The second kappa shape index (κ2) is 5.93. The normalized spacial score (nSPS) is 11.4. The number of fused-ring (bicyclic) bond motifs is 3. The molecule has 0 saturated heterocycles. The Kier molecular flexibility index (Phi) is 3.73. The van der Waals surface area contributed by atoms with E-state index in [1.54, 1.807) is 0 Å². The molecule has 3 heterocycles. The molecule has 0 aliphatic rings. The molecule has 2 N–H and O–H groups in total. The zero-order valence-electron chi connectivity index (χ0n) is 13.8. The van der Waals surface area contributed by atoms with Crippen molar-refractivity contribution in [3.8, 4) is 11.4 Å². The average molecular weight is 352 g/mol. The summed E-state index contributed by atoms with van der Waals surface area (Å²) in [5, 5.41) is 0.731. The maximum atomic E-state index is 12.0. The van der Waals surface area contributed by atoms with Crippen LogP contribution in [0.4, 0.5) is 0 Å². The van der Waals surface area contributed by atoms with E-state index in [0.717, 1.165) is 29.5 Å². The highest BCUT2D eigenvalue weighted by Crippen LogP contribution is 2.31. The number of H-pyrrole nitrogens is 2. The van der Waals surface area contributed by atoms with E-state index >= 15 is 0 Å². The van der Waals surface area contributed by atoms with Crippen molar-refractivity contribution >= 4 is 31.8 Å². The second-order valence-corrected chi connectivity index (χ2v) is 6.97. The fourth-order valence-corrected chi connectivity index (χ4v) is 4.07. The third kappa shape index (κ3) is 2.66. The summed E-state index contributed by atoms with van der Waals surface area (Å²) in [6, 6.07) is 8.23. The molecule has 4 aromatic rings. The fraction of sp³-hybridized carbons (Fsp3) is 0.222. The third-order valence-corrected chi connectivity index (χ3v) is 5.24. The molecule has 6 nitrogen and oxygen atoms in total. The molecule has 0 unspecified atom stereocenters. The number of thiophene rings is 1. The van der Waals surface area contributed by atoms with Gasteiger partial charge >= 0.3 is 5.69 Å². The lowest BCUT2D eigenvalue weighted by atomic mass is 10.1. The van der Waals surface area contributed by atoms with Crippen LogP contribution in [0.25, 0.3) is 31.8 Å². The van der Waals surface area contributed by atoms with Gasteiger partial charge in [-0.1, -0.05) is 37.6 Å². The molecule has 0 atom stereocenters. The molecule has 0 aliphatic heterocycles. The molecule has 1 aromatic carbocycles. The van der Waals surface area contributed by atoms with Gasteiger partial charge in [0.2, 0.25) is 0 Å². The summed E-state index contributed by atoms with van der Waals surface area (Å²) in [7, 11) is 0. The molecular formula is C18H16N4O2S. The molecule has 3 aromatic heterocycles. The molecule has 0 saturated carbocycles. The van der Waals surface area contributed by atoms with Gasteiger partial charge in [0.1, 0.15) is 9.53 Å². The minimum absolute atomic E-state index is 0.397. The van der Waals surface area contributed by atoms with Crippen LogP contribution in [0.3, 0.4) is 0 Å². The molecule has 0 aliphatic carbocycles. The Bertz CT molecular complexity index is 1200. The van der Waals surface area contributed by atoms with Crippen molar-refractivity contribution in [2.75, 3.05) is 0 Å². The van der Waals surface area contributed by atoms with Crippen LogP contribution in [-0.4, -0.2) is 19.9 Å². The number of aromatic amines is 2. The minimum atomic E-state index is -0.521. The molecule has 0 fully saturated rings. The van der Waals surface area contributed by atoms with Crippen molar-refractivity contribution in [3.05, 3.63) is 56.4 Å². The first-order valence-electron chi connectivity index (χ1n) is 8.09. The van der Waals surface area contributed by atoms with Crippen LogP contribution < -0.4 is 11.2 Å². The van der Waals surface area contributed by atoms with Crippen molar-refractivity contribution in [2.24, 2.45) is 0 Å². The number of nitrogens with zero attached hydrogens (tertiary/aromatic N) is 2. The molecule has 25 heavy (non-hydrogen) atoms. The van der Waals surface area contributed by atoms with E-state index in [1.807, 2.05) is 19.1 Å². The number of hydrogen-bond acceptors (Lipinski definition) is 5. The van der Waals surface area contributed by atoms with E-state index < -0.39 is 11.2 Å². The zero-order chi connectivity index (χ0) is 17.6. The summed E-state index contributed by atoms with van der Waals surface area (Å²) in [6.07, 6.45) is 2.15. The molecule has 4 rings (SSSR count). The Morgan fingerprint density at radius 2 is 1.84 bits per heavy atom. The lowest BCUT2D eigenvalue weighted by molar-refractivity contribution is 0.922. The third-order valence-electron chi connectivity index (χ3n) is 4.16. The van der Waals surface area contributed by atoms with Gasteiger partial charge in [0.25, 0.3) is 5.56 Å². The molecule has 0 radical (unpaired) electrons. The lowest BCUT2D eigenvalue weighted by Crippen LogP contribution is -2.20. The van der Waals surface area contributed by atoms with Crippen molar-refractivity contribution in [3.63, 3.8) is 0 Å². The maximum absolute atomic E-state index is 12.0. The Labute approximate surface area is 146 Å². The summed E-state index contributed by atoms with van der Waals surface area (Å²) in [6.45, 7) is 4.02. The highest BCUT2D eigenvalue weighted by atomic mass is 32.1. The van der Waals surface area contributed by atoms with Crippen LogP contribution in [0.1, 0.15) is 24.6 Å². The van der Waals surface area contributed by atoms with Crippen LogP contribution in [0, 0.1) is 6.92 Å². The predicted octanol–water partition coefficient (Wildman–Crippen LogP) is 3.15. The number of aromatic nitrogens is 4. The standard InChI is InChI=1S/C18H16N4O2S/c1-3-4-10-5-7-11(8-6-10)15-19-9(2)12-13-14(25-17(12)21-15)16(23)22-18(24)20-13/h5-8H,3-4H2,1-2H3,(H2,20,22,23,24). The first kappa shape index (κ1) is 15.7. The second-order valence-electron chi connectivity index (χ2n) is 5.97. The lowest BCUT2D eigenvalue weighted by Gasteiger charge is -2.04. The summed E-state index contributed by atoms with van der Waals surface area (Å²) in [5.74, 6) is 0.624. The number of aryl methyl sites for hydroxylation is 2. The van der Waals surface area contributed by atoms with Gasteiger partial charge in [0.15, 0.2) is 5.82 Å². The Morgan fingerprint density at radius 1 is 1.08 bits per heavy atom. The Morgan fingerprint density at radius 3 is 2.56 bits per heavy atom. The van der Waals surface area contributed by atoms with Crippen molar-refractivity contribution < 1.29 is 0 Å². The molecule has 0 bridgehead atoms. The quantitative estimate of drug-likeness (QED) is 0.592. The van der Waals surface area contributed by atoms with Crippen LogP contribution in [0.15, 0.2) is 33.9 Å². The molecular weight excluding hydrogens is 336 g/mol. The number of rotatable bonds is 3. The van der Waals surface area contributed by atoms with Crippen LogP contribution >= 0.6 is 11.3 Å². The van der Waals surface area contributed by atoms with Crippen LogP contribution in [-0.2, 0) is 6.42 Å². The minimum Gasteiger partial charge on any atom is -0.305 e. The maximum Gasteiger partial charge on any atom is 0.326 e. The fourth-order valence-electron chi connectivity index (χ4n) is 2.99. The summed E-state index contributed by atoms with van der Waals surface area (Å²) < 4.78 is 0.461. The van der Waals surface area contributed by atoms with Gasteiger partial charge in [-0.15, -0.1) is 11.3 Å². The van der Waals surface area contributed by atoms with Crippen molar-refractivity contribution in [2.45, 2.75) is 26.7 Å². The van der Waals surface area contributed by atoms with Crippen LogP contribution in [0.5, 0.6) is 0 Å². The van der Waals surface area contributed by atoms with Crippen molar-refractivity contribution in [1.82, 2.24) is 19.9 Å². The van der Waals surface area contributed by atoms with E-state index in [2.05, 4.69) is 39.0 Å². The predicted molar refractivity (Wildman–Crippen MR) is 100 cm³/mol. The van der Waals surface area contributed by atoms with Gasteiger partial charge in [-0.3, -0.25) is 9.78 Å². The van der Waals surface area contributed by atoms with E-state index in [0.29, 0.717) is 20.9 Å². The summed E-state index contributed by atoms with van der Waals surface area (Å²) >= 11 is 1.27. The zero-order valence-corrected chi connectivity index (χ0v) is 14.7. The first-order valence-corrected chi connectivity index (χ1v) is 8.91.